The molecule has 3 N–H and O–H groups in total. The van der Waals surface area contributed by atoms with Crippen LogP contribution in [0.15, 0.2) is 78.9 Å². The smallest absolute Gasteiger partial charge is 0.251 e. The summed E-state index contributed by atoms with van der Waals surface area (Å²) in [6.07, 6.45) is 0. The van der Waals surface area contributed by atoms with E-state index in [9.17, 15) is 9.59 Å². The van der Waals surface area contributed by atoms with Gasteiger partial charge >= 0.3 is 0 Å². The minimum absolute atomic E-state index is 0.0851. The molecule has 3 rings (SSSR count). The van der Waals surface area contributed by atoms with Crippen LogP contribution in [0.25, 0.3) is 0 Å². The van der Waals surface area contributed by atoms with Crippen LogP contribution >= 0.6 is 11.6 Å². The van der Waals surface area contributed by atoms with Crippen molar-refractivity contribution in [2.75, 3.05) is 17.2 Å². The molecule has 29 heavy (non-hydrogen) atoms. The Hall–Kier alpha value is -3.31. The monoisotopic (exact) mass is 407 g/mol. The number of hydrogen-bond donors (Lipinski definition) is 3. The normalized spacial score (nSPS) is 11.4. The number of halogens is 1. The SMILES string of the molecule is CC(NC(=O)c1ccc(NCC(=O)Nc2ccc(Cl)cc2)cc1)c1ccccc1. The lowest BCUT2D eigenvalue weighted by molar-refractivity contribution is -0.114. The van der Waals surface area contributed by atoms with Gasteiger partial charge in [0.25, 0.3) is 5.91 Å². The number of hydrogen-bond acceptors (Lipinski definition) is 3. The molecule has 0 aromatic heterocycles. The zero-order valence-electron chi connectivity index (χ0n) is 16.0. The van der Waals surface area contributed by atoms with Gasteiger partial charge in [-0.15, -0.1) is 0 Å². The van der Waals surface area contributed by atoms with Gasteiger partial charge in [0.2, 0.25) is 5.91 Å². The Labute approximate surface area is 175 Å². The number of amides is 2. The molecule has 1 atom stereocenters. The number of rotatable bonds is 7. The van der Waals surface area contributed by atoms with Gasteiger partial charge in [0.05, 0.1) is 12.6 Å². The molecule has 0 aliphatic carbocycles. The molecular weight excluding hydrogens is 386 g/mol. The second-order valence-corrected chi connectivity index (χ2v) is 7.03. The highest BCUT2D eigenvalue weighted by molar-refractivity contribution is 6.30. The maximum Gasteiger partial charge on any atom is 0.251 e. The first-order chi connectivity index (χ1) is 14.0. The summed E-state index contributed by atoms with van der Waals surface area (Å²) in [6.45, 7) is 2.06. The van der Waals surface area contributed by atoms with Crippen molar-refractivity contribution in [3.05, 3.63) is 95.0 Å². The Morgan fingerprint density at radius 1 is 0.862 bits per heavy atom. The molecule has 0 heterocycles. The standard InChI is InChI=1S/C23H22ClN3O2/c1-16(17-5-3-2-4-6-17)26-23(29)18-7-11-20(12-8-18)25-15-22(28)27-21-13-9-19(24)10-14-21/h2-14,16,25H,15H2,1H3,(H,26,29)(H,27,28). The van der Waals surface area contributed by atoms with Crippen LogP contribution in [0, 0.1) is 0 Å². The summed E-state index contributed by atoms with van der Waals surface area (Å²) in [6, 6.07) is 23.6. The van der Waals surface area contributed by atoms with Crippen LogP contribution < -0.4 is 16.0 Å². The van der Waals surface area contributed by atoms with Gasteiger partial charge < -0.3 is 16.0 Å². The predicted molar refractivity (Wildman–Crippen MR) is 117 cm³/mol. The van der Waals surface area contributed by atoms with E-state index in [2.05, 4.69) is 16.0 Å². The Bertz CT molecular complexity index is 958. The highest BCUT2D eigenvalue weighted by atomic mass is 35.5. The van der Waals surface area contributed by atoms with Crippen LogP contribution in [0.5, 0.6) is 0 Å². The molecule has 0 fully saturated rings. The van der Waals surface area contributed by atoms with Crippen molar-refractivity contribution in [2.24, 2.45) is 0 Å². The van der Waals surface area contributed by atoms with Gasteiger partial charge in [-0.1, -0.05) is 41.9 Å². The van der Waals surface area contributed by atoms with E-state index in [-0.39, 0.29) is 24.4 Å². The summed E-state index contributed by atoms with van der Waals surface area (Å²) in [5.41, 5.74) is 3.04. The molecule has 0 aliphatic heterocycles. The van der Waals surface area contributed by atoms with Gasteiger partial charge in [-0.05, 0) is 61.0 Å². The molecule has 0 saturated heterocycles. The van der Waals surface area contributed by atoms with Crippen molar-refractivity contribution in [3.8, 4) is 0 Å². The van der Waals surface area contributed by atoms with Crippen molar-refractivity contribution in [1.29, 1.82) is 0 Å². The largest absolute Gasteiger partial charge is 0.376 e. The van der Waals surface area contributed by atoms with Gasteiger partial charge in [-0.3, -0.25) is 9.59 Å². The number of anilines is 2. The lowest BCUT2D eigenvalue weighted by atomic mass is 10.1. The first kappa shape index (κ1) is 20.4. The molecule has 0 bridgehead atoms. The molecular formula is C23H22ClN3O2. The van der Waals surface area contributed by atoms with E-state index >= 15 is 0 Å². The Morgan fingerprint density at radius 3 is 2.14 bits per heavy atom. The molecule has 5 nitrogen and oxygen atoms in total. The van der Waals surface area contributed by atoms with Crippen molar-refractivity contribution >= 4 is 34.8 Å². The van der Waals surface area contributed by atoms with Crippen LogP contribution in [0.2, 0.25) is 5.02 Å². The Kier molecular flexibility index (Phi) is 6.87. The van der Waals surface area contributed by atoms with E-state index in [4.69, 9.17) is 11.6 Å². The third kappa shape index (κ3) is 6.09. The van der Waals surface area contributed by atoms with Gasteiger partial charge in [-0.2, -0.15) is 0 Å². The summed E-state index contributed by atoms with van der Waals surface area (Å²) in [4.78, 5) is 24.5. The van der Waals surface area contributed by atoms with Gasteiger partial charge in [0, 0.05) is 22.0 Å². The number of benzene rings is 3. The third-order valence-corrected chi connectivity index (χ3v) is 4.63. The highest BCUT2D eigenvalue weighted by Crippen LogP contribution is 2.15. The van der Waals surface area contributed by atoms with Crippen LogP contribution in [-0.4, -0.2) is 18.4 Å². The van der Waals surface area contributed by atoms with Crippen molar-refractivity contribution in [2.45, 2.75) is 13.0 Å². The molecule has 0 spiro atoms. The van der Waals surface area contributed by atoms with E-state index in [1.54, 1.807) is 48.5 Å². The second-order valence-electron chi connectivity index (χ2n) is 6.59. The first-order valence-corrected chi connectivity index (χ1v) is 9.64. The average Bonchev–Trinajstić information content (AvgIpc) is 2.75. The minimum atomic E-state index is -0.175. The zero-order valence-corrected chi connectivity index (χ0v) is 16.7. The quantitative estimate of drug-likeness (QED) is 0.522. The molecule has 1 unspecified atom stereocenters. The molecule has 0 aliphatic rings. The first-order valence-electron chi connectivity index (χ1n) is 9.26. The molecule has 3 aromatic carbocycles. The van der Waals surface area contributed by atoms with E-state index in [0.29, 0.717) is 16.3 Å². The van der Waals surface area contributed by atoms with Crippen LogP contribution in [0.1, 0.15) is 28.9 Å². The molecule has 148 valence electrons. The van der Waals surface area contributed by atoms with Gasteiger partial charge in [-0.25, -0.2) is 0 Å². The fraction of sp³-hybridized carbons (Fsp3) is 0.130. The lowest BCUT2D eigenvalue weighted by Crippen LogP contribution is -2.26. The molecule has 6 heteroatoms. The van der Waals surface area contributed by atoms with E-state index in [0.717, 1.165) is 11.3 Å². The molecule has 0 saturated carbocycles. The lowest BCUT2D eigenvalue weighted by Gasteiger charge is -2.14. The summed E-state index contributed by atoms with van der Waals surface area (Å²) in [7, 11) is 0. The highest BCUT2D eigenvalue weighted by Gasteiger charge is 2.11. The fourth-order valence-electron chi connectivity index (χ4n) is 2.77. The van der Waals surface area contributed by atoms with E-state index in [1.807, 2.05) is 37.3 Å². The molecule has 2 amide bonds. The van der Waals surface area contributed by atoms with Crippen LogP contribution in [0.3, 0.4) is 0 Å². The maximum absolute atomic E-state index is 12.4. The van der Waals surface area contributed by atoms with Gasteiger partial charge in [0.15, 0.2) is 0 Å². The summed E-state index contributed by atoms with van der Waals surface area (Å²) in [5.74, 6) is -0.320. The van der Waals surface area contributed by atoms with Crippen molar-refractivity contribution in [3.63, 3.8) is 0 Å². The summed E-state index contributed by atoms with van der Waals surface area (Å²) < 4.78 is 0. The van der Waals surface area contributed by atoms with Gasteiger partial charge in [0.1, 0.15) is 0 Å². The Morgan fingerprint density at radius 2 is 1.48 bits per heavy atom. The fourth-order valence-corrected chi connectivity index (χ4v) is 2.89. The maximum atomic E-state index is 12.4. The minimum Gasteiger partial charge on any atom is -0.376 e. The average molecular weight is 408 g/mol. The number of nitrogens with one attached hydrogen (secondary N) is 3. The summed E-state index contributed by atoms with van der Waals surface area (Å²) >= 11 is 5.83. The van der Waals surface area contributed by atoms with E-state index in [1.165, 1.54) is 0 Å². The van der Waals surface area contributed by atoms with Crippen LogP contribution in [0.4, 0.5) is 11.4 Å². The van der Waals surface area contributed by atoms with E-state index < -0.39 is 0 Å². The molecule has 0 radical (unpaired) electrons. The predicted octanol–water partition coefficient (Wildman–Crippen LogP) is 4.88. The third-order valence-electron chi connectivity index (χ3n) is 4.38. The van der Waals surface area contributed by atoms with Crippen molar-refractivity contribution < 1.29 is 9.59 Å². The second kappa shape index (κ2) is 9.75. The topological polar surface area (TPSA) is 70.2 Å². The molecule has 3 aromatic rings. The Balaban J connectivity index is 1.49. The zero-order chi connectivity index (χ0) is 20.6. The number of carbonyl (C=O) groups excluding carboxylic acids is 2. The summed E-state index contributed by atoms with van der Waals surface area (Å²) in [5, 5.41) is 9.42. The number of carbonyl (C=O) groups is 2. The van der Waals surface area contributed by atoms with Crippen molar-refractivity contribution in [1.82, 2.24) is 5.32 Å². The van der Waals surface area contributed by atoms with Crippen LogP contribution in [-0.2, 0) is 4.79 Å².